The first-order valence-electron chi connectivity index (χ1n) is 8.81. The van der Waals surface area contributed by atoms with E-state index in [1.807, 2.05) is 0 Å². The van der Waals surface area contributed by atoms with E-state index in [2.05, 4.69) is 9.44 Å². The second-order valence-corrected chi connectivity index (χ2v) is 9.99. The molecule has 0 bridgehead atoms. The van der Waals surface area contributed by atoms with Gasteiger partial charge in [-0.1, -0.05) is 24.3 Å². The monoisotopic (exact) mass is 448 g/mol. The lowest BCUT2D eigenvalue weighted by atomic mass is 10.1. The number of aromatic hydroxyl groups is 2. The highest BCUT2D eigenvalue weighted by molar-refractivity contribution is 7.89. The molecule has 0 amide bonds. The molecule has 30 heavy (non-hydrogen) atoms. The molecule has 0 fully saturated rings. The lowest BCUT2D eigenvalue weighted by Gasteiger charge is -2.09. The third-order valence-corrected chi connectivity index (χ3v) is 7.08. The fraction of sp³-hybridized carbons (Fsp3) is 0.100. The van der Waals surface area contributed by atoms with Crippen molar-refractivity contribution in [1.29, 1.82) is 0 Å². The Labute approximate surface area is 174 Å². The van der Waals surface area contributed by atoms with Crippen LogP contribution in [-0.4, -0.2) is 27.0 Å². The maximum atomic E-state index is 12.3. The molecular weight excluding hydrogens is 428 g/mol. The van der Waals surface area contributed by atoms with Gasteiger partial charge in [-0.25, -0.2) is 26.3 Å². The maximum Gasteiger partial charge on any atom is 0.240 e. The second-order valence-electron chi connectivity index (χ2n) is 6.45. The maximum absolute atomic E-state index is 12.3. The average Bonchev–Trinajstić information content (AvgIpc) is 2.72. The SMILES string of the molecule is O=S(=O)(NCc1ccc(CNS(=O)(=O)c2ccc(O)cc2)cc1)c1ccc(O)cc1. The van der Waals surface area contributed by atoms with Crippen molar-refractivity contribution in [2.75, 3.05) is 0 Å². The van der Waals surface area contributed by atoms with E-state index in [9.17, 15) is 27.0 Å². The normalized spacial score (nSPS) is 12.0. The Morgan fingerprint density at radius 1 is 0.533 bits per heavy atom. The summed E-state index contributed by atoms with van der Waals surface area (Å²) in [5.74, 6) is -0.0452. The van der Waals surface area contributed by atoms with Crippen molar-refractivity contribution >= 4 is 20.0 Å². The number of nitrogens with one attached hydrogen (secondary N) is 2. The van der Waals surface area contributed by atoms with E-state index in [4.69, 9.17) is 0 Å². The Morgan fingerprint density at radius 3 is 1.13 bits per heavy atom. The minimum Gasteiger partial charge on any atom is -0.508 e. The van der Waals surface area contributed by atoms with E-state index in [0.29, 0.717) is 11.1 Å². The van der Waals surface area contributed by atoms with Crippen LogP contribution >= 0.6 is 0 Å². The summed E-state index contributed by atoms with van der Waals surface area (Å²) in [6.45, 7) is 0.117. The first kappa shape index (κ1) is 21.8. The summed E-state index contributed by atoms with van der Waals surface area (Å²) in [7, 11) is -7.44. The van der Waals surface area contributed by atoms with E-state index >= 15 is 0 Å². The largest absolute Gasteiger partial charge is 0.508 e. The molecule has 0 unspecified atom stereocenters. The molecule has 0 spiro atoms. The molecule has 8 nitrogen and oxygen atoms in total. The number of hydrogen-bond donors (Lipinski definition) is 4. The molecule has 0 aromatic heterocycles. The molecule has 158 valence electrons. The number of rotatable bonds is 8. The number of benzene rings is 3. The molecule has 0 radical (unpaired) electrons. The van der Waals surface area contributed by atoms with Gasteiger partial charge in [0.15, 0.2) is 0 Å². The van der Waals surface area contributed by atoms with E-state index < -0.39 is 20.0 Å². The van der Waals surface area contributed by atoms with Crippen molar-refractivity contribution in [3.05, 3.63) is 83.9 Å². The van der Waals surface area contributed by atoms with Crippen LogP contribution in [0.25, 0.3) is 0 Å². The molecule has 3 aromatic rings. The van der Waals surface area contributed by atoms with Crippen LogP contribution in [0.2, 0.25) is 0 Å². The fourth-order valence-corrected chi connectivity index (χ4v) is 4.58. The quantitative estimate of drug-likeness (QED) is 0.417. The van der Waals surface area contributed by atoms with Crippen LogP contribution in [0.3, 0.4) is 0 Å². The van der Waals surface area contributed by atoms with Crippen LogP contribution < -0.4 is 9.44 Å². The third-order valence-electron chi connectivity index (χ3n) is 4.25. The summed E-state index contributed by atoms with van der Waals surface area (Å²) in [5.41, 5.74) is 1.39. The predicted molar refractivity (Wildman–Crippen MR) is 111 cm³/mol. The number of phenolic OH excluding ortho intramolecular Hbond substituents is 2. The zero-order valence-electron chi connectivity index (χ0n) is 15.7. The smallest absolute Gasteiger partial charge is 0.240 e. The molecule has 3 rings (SSSR count). The molecule has 0 saturated carbocycles. The number of hydrogen-bond acceptors (Lipinski definition) is 6. The van der Waals surface area contributed by atoms with Crippen molar-refractivity contribution in [1.82, 2.24) is 9.44 Å². The van der Waals surface area contributed by atoms with Gasteiger partial charge in [0.2, 0.25) is 20.0 Å². The van der Waals surface area contributed by atoms with Crippen molar-refractivity contribution in [3.63, 3.8) is 0 Å². The summed E-state index contributed by atoms with van der Waals surface area (Å²) in [6.07, 6.45) is 0. The van der Waals surface area contributed by atoms with Gasteiger partial charge in [-0.3, -0.25) is 0 Å². The molecule has 0 aliphatic carbocycles. The van der Waals surface area contributed by atoms with Crippen molar-refractivity contribution in [2.24, 2.45) is 0 Å². The lowest BCUT2D eigenvalue weighted by Crippen LogP contribution is -2.24. The average molecular weight is 449 g/mol. The summed E-state index contributed by atoms with van der Waals surface area (Å²) in [4.78, 5) is 0.0844. The Bertz CT molecular complexity index is 1110. The Morgan fingerprint density at radius 2 is 0.833 bits per heavy atom. The van der Waals surface area contributed by atoms with Gasteiger partial charge in [-0.2, -0.15) is 0 Å². The van der Waals surface area contributed by atoms with E-state index in [-0.39, 0.29) is 34.4 Å². The summed E-state index contributed by atoms with van der Waals surface area (Å²) >= 11 is 0. The molecule has 0 aliphatic rings. The highest BCUT2D eigenvalue weighted by Gasteiger charge is 2.15. The van der Waals surface area contributed by atoms with Gasteiger partial charge >= 0.3 is 0 Å². The highest BCUT2D eigenvalue weighted by Crippen LogP contribution is 2.16. The minimum absolute atomic E-state index is 0.0226. The molecule has 10 heteroatoms. The number of sulfonamides is 2. The van der Waals surface area contributed by atoms with Gasteiger partial charge in [-0.05, 0) is 59.7 Å². The van der Waals surface area contributed by atoms with Crippen LogP contribution in [0, 0.1) is 0 Å². The minimum atomic E-state index is -3.72. The second kappa shape index (κ2) is 8.84. The van der Waals surface area contributed by atoms with Gasteiger partial charge in [0.05, 0.1) is 9.79 Å². The molecule has 0 saturated heterocycles. The molecule has 0 aliphatic heterocycles. The van der Waals surface area contributed by atoms with Gasteiger partial charge in [0.25, 0.3) is 0 Å². The molecular formula is C20H20N2O6S2. The third kappa shape index (κ3) is 5.57. The summed E-state index contributed by atoms with van der Waals surface area (Å²) in [6, 6.07) is 17.2. The zero-order valence-corrected chi connectivity index (χ0v) is 17.3. The fourth-order valence-electron chi connectivity index (χ4n) is 2.55. The zero-order chi connectivity index (χ0) is 21.8. The lowest BCUT2D eigenvalue weighted by molar-refractivity contribution is 0.474. The standard InChI is InChI=1S/C20H20N2O6S2/c23-17-5-9-19(10-6-17)29(25,26)21-13-15-1-2-16(4-3-15)14-22-30(27,28)20-11-7-18(24)8-12-20/h1-12,21-24H,13-14H2. The van der Waals surface area contributed by atoms with E-state index in [1.54, 1.807) is 24.3 Å². The molecule has 4 N–H and O–H groups in total. The van der Waals surface area contributed by atoms with E-state index in [0.717, 1.165) is 0 Å². The topological polar surface area (TPSA) is 133 Å². The predicted octanol–water partition coefficient (Wildman–Crippen LogP) is 2.05. The molecule has 3 aromatic carbocycles. The van der Waals surface area contributed by atoms with Crippen molar-refractivity contribution < 1.29 is 27.0 Å². The summed E-state index contributed by atoms with van der Waals surface area (Å²) < 4.78 is 54.0. The van der Waals surface area contributed by atoms with E-state index in [1.165, 1.54) is 48.5 Å². The molecule has 0 heterocycles. The van der Waals surface area contributed by atoms with Crippen molar-refractivity contribution in [2.45, 2.75) is 22.9 Å². The van der Waals surface area contributed by atoms with Crippen LogP contribution in [0.15, 0.2) is 82.6 Å². The van der Waals surface area contributed by atoms with Crippen LogP contribution in [0.1, 0.15) is 11.1 Å². The number of phenols is 2. The Hall–Kier alpha value is -2.92. The first-order valence-corrected chi connectivity index (χ1v) is 11.8. The van der Waals surface area contributed by atoms with Crippen LogP contribution in [-0.2, 0) is 33.1 Å². The summed E-state index contributed by atoms with van der Waals surface area (Å²) in [5, 5.41) is 18.5. The molecule has 0 atom stereocenters. The Kier molecular flexibility index (Phi) is 6.42. The Balaban J connectivity index is 1.58. The van der Waals surface area contributed by atoms with Crippen LogP contribution in [0.4, 0.5) is 0 Å². The van der Waals surface area contributed by atoms with Gasteiger partial charge < -0.3 is 10.2 Å². The van der Waals surface area contributed by atoms with Crippen molar-refractivity contribution in [3.8, 4) is 11.5 Å². The van der Waals surface area contributed by atoms with Crippen LogP contribution in [0.5, 0.6) is 11.5 Å². The first-order chi connectivity index (χ1) is 14.2. The van der Waals surface area contributed by atoms with Gasteiger partial charge in [0.1, 0.15) is 11.5 Å². The van der Waals surface area contributed by atoms with Gasteiger partial charge in [-0.15, -0.1) is 0 Å². The van der Waals surface area contributed by atoms with Gasteiger partial charge in [0, 0.05) is 13.1 Å². The highest BCUT2D eigenvalue weighted by atomic mass is 32.2.